The molecule has 1 amide bonds. The number of aryl methyl sites for hydroxylation is 2. The molecular formula is C19H23BrN2O2. The molecule has 2 aromatic rings. The molecule has 1 fully saturated rings. The molecule has 0 atom stereocenters. The van der Waals surface area contributed by atoms with Gasteiger partial charge in [0.2, 0.25) is 5.91 Å². The van der Waals surface area contributed by atoms with E-state index in [1.165, 1.54) is 0 Å². The average molecular weight is 391 g/mol. The third kappa shape index (κ3) is 3.02. The van der Waals surface area contributed by atoms with Crippen molar-refractivity contribution in [1.82, 2.24) is 10.1 Å². The van der Waals surface area contributed by atoms with Crippen molar-refractivity contribution in [2.24, 2.45) is 0 Å². The van der Waals surface area contributed by atoms with Gasteiger partial charge in [0.15, 0.2) is 0 Å². The Kier molecular flexibility index (Phi) is 4.81. The lowest BCUT2D eigenvalue weighted by molar-refractivity contribution is -0.136. The van der Waals surface area contributed by atoms with Gasteiger partial charge in [-0.05, 0) is 44.4 Å². The highest BCUT2D eigenvalue weighted by molar-refractivity contribution is 9.10. The Labute approximate surface area is 151 Å². The van der Waals surface area contributed by atoms with Crippen LogP contribution in [-0.4, -0.2) is 23.0 Å². The van der Waals surface area contributed by atoms with Crippen LogP contribution in [0.4, 0.5) is 0 Å². The van der Waals surface area contributed by atoms with Crippen LogP contribution < -0.4 is 0 Å². The van der Waals surface area contributed by atoms with Crippen LogP contribution in [0.3, 0.4) is 0 Å². The van der Waals surface area contributed by atoms with Crippen LogP contribution in [0.1, 0.15) is 48.3 Å². The molecule has 0 saturated heterocycles. The Balaban J connectivity index is 1.88. The molecular weight excluding hydrogens is 368 g/mol. The molecule has 5 heteroatoms. The van der Waals surface area contributed by atoms with Crippen molar-refractivity contribution in [1.29, 1.82) is 0 Å². The number of rotatable bonds is 4. The first-order chi connectivity index (χ1) is 11.4. The number of nitrogens with zero attached hydrogens (tertiary/aromatic N) is 2. The molecule has 3 rings (SSSR count). The predicted molar refractivity (Wildman–Crippen MR) is 96.7 cm³/mol. The van der Waals surface area contributed by atoms with Gasteiger partial charge in [-0.25, -0.2) is 0 Å². The van der Waals surface area contributed by atoms with Crippen LogP contribution >= 0.6 is 15.9 Å². The number of hydrogen-bond donors (Lipinski definition) is 0. The molecule has 128 valence electrons. The number of amides is 1. The SMILES string of the molecule is Cc1noc(C)c1CN(C)C(=O)C1(c2ccc(Br)cc2)CCCC1. The van der Waals surface area contributed by atoms with Crippen molar-refractivity contribution in [3.05, 3.63) is 51.3 Å². The lowest BCUT2D eigenvalue weighted by Gasteiger charge is -2.33. The van der Waals surface area contributed by atoms with E-state index in [0.717, 1.165) is 52.7 Å². The largest absolute Gasteiger partial charge is 0.361 e. The van der Waals surface area contributed by atoms with Crippen molar-refractivity contribution in [3.63, 3.8) is 0 Å². The molecule has 0 bridgehead atoms. The standard InChI is InChI=1S/C19H23BrN2O2/c1-13-17(14(2)24-21-13)12-22(3)18(23)19(10-4-5-11-19)15-6-8-16(20)9-7-15/h6-9H,4-5,10-12H2,1-3H3. The molecule has 1 aromatic heterocycles. The zero-order valence-corrected chi connectivity index (χ0v) is 16.0. The van der Waals surface area contributed by atoms with Gasteiger partial charge in [0.25, 0.3) is 0 Å². The van der Waals surface area contributed by atoms with E-state index in [4.69, 9.17) is 4.52 Å². The molecule has 1 heterocycles. The molecule has 0 unspecified atom stereocenters. The Morgan fingerprint density at radius 1 is 1.25 bits per heavy atom. The summed E-state index contributed by atoms with van der Waals surface area (Å²) in [6.45, 7) is 4.36. The fourth-order valence-electron chi connectivity index (χ4n) is 3.78. The van der Waals surface area contributed by atoms with Crippen LogP contribution in [0.2, 0.25) is 0 Å². The lowest BCUT2D eigenvalue weighted by Crippen LogP contribution is -2.43. The van der Waals surface area contributed by atoms with E-state index in [2.05, 4.69) is 33.2 Å². The van der Waals surface area contributed by atoms with Gasteiger partial charge in [-0.2, -0.15) is 0 Å². The first kappa shape index (κ1) is 17.2. The number of carbonyl (C=O) groups excluding carboxylic acids is 1. The summed E-state index contributed by atoms with van der Waals surface area (Å²) in [7, 11) is 1.88. The number of carbonyl (C=O) groups is 1. The molecule has 1 aromatic carbocycles. The fourth-order valence-corrected chi connectivity index (χ4v) is 4.04. The fraction of sp³-hybridized carbons (Fsp3) is 0.474. The van der Waals surface area contributed by atoms with Crippen LogP contribution in [0, 0.1) is 13.8 Å². The minimum Gasteiger partial charge on any atom is -0.361 e. The second-order valence-corrected chi connectivity index (χ2v) is 7.68. The highest BCUT2D eigenvalue weighted by atomic mass is 79.9. The number of halogens is 1. The smallest absolute Gasteiger partial charge is 0.233 e. The maximum absolute atomic E-state index is 13.4. The molecule has 0 aliphatic heterocycles. The zero-order valence-electron chi connectivity index (χ0n) is 14.4. The van der Waals surface area contributed by atoms with Crippen LogP contribution in [0.15, 0.2) is 33.3 Å². The van der Waals surface area contributed by atoms with Gasteiger partial charge >= 0.3 is 0 Å². The molecule has 0 N–H and O–H groups in total. The van der Waals surface area contributed by atoms with E-state index in [1.54, 1.807) is 0 Å². The summed E-state index contributed by atoms with van der Waals surface area (Å²) < 4.78 is 6.27. The van der Waals surface area contributed by atoms with Crippen LogP contribution in [0.5, 0.6) is 0 Å². The number of aromatic nitrogens is 1. The Hall–Kier alpha value is -1.62. The van der Waals surface area contributed by atoms with Crippen LogP contribution in [0.25, 0.3) is 0 Å². The predicted octanol–water partition coefficient (Wildman–Crippen LogP) is 4.52. The Morgan fingerprint density at radius 2 is 1.88 bits per heavy atom. The first-order valence-corrected chi connectivity index (χ1v) is 9.17. The van der Waals surface area contributed by atoms with Crippen molar-refractivity contribution in [2.75, 3.05) is 7.05 Å². The number of hydrogen-bond acceptors (Lipinski definition) is 3. The molecule has 1 saturated carbocycles. The van der Waals surface area contributed by atoms with Gasteiger partial charge in [0, 0.05) is 17.1 Å². The van der Waals surface area contributed by atoms with E-state index in [9.17, 15) is 4.79 Å². The highest BCUT2D eigenvalue weighted by Crippen LogP contribution is 2.43. The second kappa shape index (κ2) is 6.71. The van der Waals surface area contributed by atoms with E-state index < -0.39 is 5.41 Å². The highest BCUT2D eigenvalue weighted by Gasteiger charge is 2.44. The maximum atomic E-state index is 13.4. The summed E-state index contributed by atoms with van der Waals surface area (Å²) in [5.41, 5.74) is 2.60. The quantitative estimate of drug-likeness (QED) is 0.770. The van der Waals surface area contributed by atoms with Gasteiger partial charge in [-0.3, -0.25) is 4.79 Å². The first-order valence-electron chi connectivity index (χ1n) is 8.37. The molecule has 1 aliphatic rings. The zero-order chi connectivity index (χ0) is 17.3. The Morgan fingerprint density at radius 3 is 2.42 bits per heavy atom. The topological polar surface area (TPSA) is 46.3 Å². The van der Waals surface area contributed by atoms with E-state index in [0.29, 0.717) is 6.54 Å². The van der Waals surface area contributed by atoms with Crippen molar-refractivity contribution >= 4 is 21.8 Å². The van der Waals surface area contributed by atoms with Crippen molar-refractivity contribution < 1.29 is 9.32 Å². The maximum Gasteiger partial charge on any atom is 0.233 e. The molecule has 24 heavy (non-hydrogen) atoms. The van der Waals surface area contributed by atoms with Gasteiger partial charge in [-0.1, -0.05) is 46.1 Å². The third-order valence-corrected chi connectivity index (χ3v) is 5.72. The minimum absolute atomic E-state index is 0.197. The summed E-state index contributed by atoms with van der Waals surface area (Å²) >= 11 is 3.48. The van der Waals surface area contributed by atoms with E-state index in [1.807, 2.05) is 37.9 Å². The summed E-state index contributed by atoms with van der Waals surface area (Å²) in [5, 5.41) is 3.99. The van der Waals surface area contributed by atoms with Crippen LogP contribution in [-0.2, 0) is 16.8 Å². The van der Waals surface area contributed by atoms with Gasteiger partial charge < -0.3 is 9.42 Å². The molecule has 4 nitrogen and oxygen atoms in total. The normalized spacial score (nSPS) is 16.3. The van der Waals surface area contributed by atoms with Crippen molar-refractivity contribution in [2.45, 2.75) is 51.5 Å². The van der Waals surface area contributed by atoms with E-state index in [-0.39, 0.29) is 5.91 Å². The second-order valence-electron chi connectivity index (χ2n) is 6.76. The van der Waals surface area contributed by atoms with Gasteiger partial charge in [-0.15, -0.1) is 0 Å². The summed E-state index contributed by atoms with van der Waals surface area (Å²) in [4.78, 5) is 15.2. The lowest BCUT2D eigenvalue weighted by atomic mass is 9.77. The summed E-state index contributed by atoms with van der Waals surface area (Å²) in [6, 6.07) is 8.21. The molecule has 0 spiro atoms. The molecule has 0 radical (unpaired) electrons. The summed E-state index contributed by atoms with van der Waals surface area (Å²) in [5.74, 6) is 0.985. The number of likely N-dealkylation sites (N-methyl/N-ethyl adjacent to an activating group) is 1. The molecule has 1 aliphatic carbocycles. The van der Waals surface area contributed by atoms with Gasteiger partial charge in [0.05, 0.1) is 17.7 Å². The van der Waals surface area contributed by atoms with E-state index >= 15 is 0 Å². The minimum atomic E-state index is -0.394. The monoisotopic (exact) mass is 390 g/mol. The number of benzene rings is 1. The van der Waals surface area contributed by atoms with Crippen molar-refractivity contribution in [3.8, 4) is 0 Å². The average Bonchev–Trinajstić information content (AvgIpc) is 3.18. The third-order valence-electron chi connectivity index (χ3n) is 5.19. The summed E-state index contributed by atoms with van der Waals surface area (Å²) in [6.07, 6.45) is 4.03. The van der Waals surface area contributed by atoms with Gasteiger partial charge in [0.1, 0.15) is 5.76 Å². The Bertz CT molecular complexity index is 711.